The Kier molecular flexibility index (Phi) is 7.00. The number of hydrazine groups is 2. The van der Waals surface area contributed by atoms with E-state index < -0.39 is 6.03 Å². The van der Waals surface area contributed by atoms with Crippen LogP contribution in [-0.4, -0.2) is 56.8 Å². The van der Waals surface area contributed by atoms with E-state index in [1.807, 2.05) is 19.1 Å². The Bertz CT molecular complexity index is 1010. The number of rotatable bonds is 6. The maximum absolute atomic E-state index is 12.3. The molecule has 2 aromatic rings. The number of ether oxygens (including phenoxy) is 2. The second-order valence-electron chi connectivity index (χ2n) is 6.82. The van der Waals surface area contributed by atoms with Gasteiger partial charge in [0, 0.05) is 31.0 Å². The molecule has 11 nitrogen and oxygen atoms in total. The molecule has 0 unspecified atom stereocenters. The Morgan fingerprint density at radius 2 is 2.00 bits per heavy atom. The SMILES string of the molecule is COc1ccc(-n2ccc(OCC3=C(C)/C=C\CC/C=C\3N(N)C(=O)N(C)N)n2)nn1. The van der Waals surface area contributed by atoms with E-state index in [1.165, 1.54) is 14.2 Å². The first-order valence-corrected chi connectivity index (χ1v) is 9.61. The number of amides is 2. The molecule has 31 heavy (non-hydrogen) atoms. The van der Waals surface area contributed by atoms with E-state index in [1.54, 1.807) is 29.1 Å². The number of nitrogens with zero attached hydrogens (tertiary/aromatic N) is 6. The minimum atomic E-state index is -0.538. The van der Waals surface area contributed by atoms with E-state index in [-0.39, 0.29) is 6.61 Å². The van der Waals surface area contributed by atoms with Crippen LogP contribution in [0.25, 0.3) is 5.82 Å². The highest BCUT2D eigenvalue weighted by atomic mass is 16.5. The Labute approximate surface area is 180 Å². The molecule has 0 spiro atoms. The van der Waals surface area contributed by atoms with Gasteiger partial charge in [-0.05, 0) is 31.4 Å². The molecule has 2 heterocycles. The first-order chi connectivity index (χ1) is 14.9. The van der Waals surface area contributed by atoms with E-state index >= 15 is 0 Å². The minimum Gasteiger partial charge on any atom is -0.480 e. The molecule has 2 amide bonds. The number of urea groups is 1. The lowest BCUT2D eigenvalue weighted by atomic mass is 10.0. The van der Waals surface area contributed by atoms with Gasteiger partial charge >= 0.3 is 6.03 Å². The van der Waals surface area contributed by atoms with Gasteiger partial charge in [0.1, 0.15) is 6.61 Å². The van der Waals surface area contributed by atoms with Crippen molar-refractivity contribution in [2.45, 2.75) is 19.8 Å². The molecule has 11 heteroatoms. The largest absolute Gasteiger partial charge is 0.480 e. The minimum absolute atomic E-state index is 0.155. The Morgan fingerprint density at radius 1 is 1.19 bits per heavy atom. The van der Waals surface area contributed by atoms with Crippen LogP contribution >= 0.6 is 0 Å². The van der Waals surface area contributed by atoms with Gasteiger partial charge in [-0.15, -0.1) is 15.3 Å². The molecule has 0 saturated carbocycles. The highest BCUT2D eigenvalue weighted by molar-refractivity contribution is 5.76. The van der Waals surface area contributed by atoms with Crippen LogP contribution in [-0.2, 0) is 0 Å². The summed E-state index contributed by atoms with van der Waals surface area (Å²) >= 11 is 0. The van der Waals surface area contributed by atoms with Crippen molar-refractivity contribution in [3.63, 3.8) is 0 Å². The molecular weight excluding hydrogens is 400 g/mol. The van der Waals surface area contributed by atoms with Crippen molar-refractivity contribution in [1.29, 1.82) is 0 Å². The zero-order valence-corrected chi connectivity index (χ0v) is 17.7. The van der Waals surface area contributed by atoms with Gasteiger partial charge < -0.3 is 9.47 Å². The predicted octanol–water partition coefficient (Wildman–Crippen LogP) is 1.70. The molecule has 164 valence electrons. The van der Waals surface area contributed by atoms with Crippen LogP contribution in [0, 0.1) is 0 Å². The van der Waals surface area contributed by atoms with Crippen molar-refractivity contribution in [2.24, 2.45) is 11.7 Å². The molecule has 0 atom stereocenters. The Balaban J connectivity index is 1.79. The first-order valence-electron chi connectivity index (χ1n) is 9.61. The highest BCUT2D eigenvalue weighted by Crippen LogP contribution is 2.23. The van der Waals surface area contributed by atoms with Crippen molar-refractivity contribution in [1.82, 2.24) is 30.0 Å². The molecule has 0 fully saturated rings. The Morgan fingerprint density at radius 3 is 2.68 bits per heavy atom. The summed E-state index contributed by atoms with van der Waals surface area (Å²) in [7, 11) is 2.96. The number of nitrogens with two attached hydrogens (primary N) is 2. The van der Waals surface area contributed by atoms with E-state index in [0.29, 0.717) is 23.3 Å². The van der Waals surface area contributed by atoms with E-state index in [9.17, 15) is 4.79 Å². The fraction of sp³-hybridized carbons (Fsp3) is 0.300. The standard InChI is InChI=1S/C20H26N8O3/c1-14-7-5-4-6-8-16(28(22)20(29)26(2)21)15(14)13-31-19-11-12-27(25-19)17-9-10-18(30-3)24-23-17/h5,7-12H,4,6,13,21-22H2,1-3H3/b7-5-,15-14-,16-8+. The summed E-state index contributed by atoms with van der Waals surface area (Å²) in [6.07, 6.45) is 9.23. The second-order valence-corrected chi connectivity index (χ2v) is 6.82. The molecule has 0 saturated heterocycles. The molecular formula is C20H26N8O3. The van der Waals surface area contributed by atoms with Gasteiger partial charge in [0.05, 0.1) is 12.8 Å². The molecule has 1 aliphatic rings. The summed E-state index contributed by atoms with van der Waals surface area (Å²) in [6, 6.07) is 4.60. The van der Waals surface area contributed by atoms with Gasteiger partial charge in [-0.2, -0.15) is 0 Å². The number of aromatic nitrogens is 4. The summed E-state index contributed by atoms with van der Waals surface area (Å²) in [6.45, 7) is 2.09. The zero-order valence-electron chi connectivity index (χ0n) is 17.7. The van der Waals surface area contributed by atoms with Crippen molar-refractivity contribution in [3.05, 3.63) is 59.5 Å². The third kappa shape index (κ3) is 5.27. The summed E-state index contributed by atoms with van der Waals surface area (Å²) < 4.78 is 12.5. The average Bonchev–Trinajstić information content (AvgIpc) is 3.24. The van der Waals surface area contributed by atoms with Crippen molar-refractivity contribution in [3.8, 4) is 17.6 Å². The fourth-order valence-electron chi connectivity index (χ4n) is 2.91. The molecule has 4 N–H and O–H groups in total. The third-order valence-electron chi connectivity index (χ3n) is 4.59. The summed E-state index contributed by atoms with van der Waals surface area (Å²) in [5.41, 5.74) is 2.23. The molecule has 3 rings (SSSR count). The number of carbonyl (C=O) groups is 1. The molecule has 0 aromatic carbocycles. The van der Waals surface area contributed by atoms with Gasteiger partial charge in [0.25, 0.3) is 0 Å². The van der Waals surface area contributed by atoms with Crippen molar-refractivity contribution < 1.29 is 14.3 Å². The molecule has 0 radical (unpaired) electrons. The van der Waals surface area contributed by atoms with Crippen molar-refractivity contribution >= 4 is 6.03 Å². The van der Waals surface area contributed by atoms with Crippen LogP contribution in [0.1, 0.15) is 19.8 Å². The van der Waals surface area contributed by atoms with Crippen LogP contribution < -0.4 is 21.2 Å². The first kappa shape index (κ1) is 22.0. The van der Waals surface area contributed by atoms with Crippen molar-refractivity contribution in [2.75, 3.05) is 20.8 Å². The second kappa shape index (κ2) is 9.87. The summed E-state index contributed by atoms with van der Waals surface area (Å²) in [4.78, 5) is 12.3. The lowest BCUT2D eigenvalue weighted by Gasteiger charge is -2.26. The van der Waals surface area contributed by atoms with Gasteiger partial charge in [0.2, 0.25) is 11.8 Å². The van der Waals surface area contributed by atoms with Gasteiger partial charge in [-0.25, -0.2) is 26.2 Å². The van der Waals surface area contributed by atoms with Gasteiger partial charge in [-0.3, -0.25) is 5.01 Å². The number of hydrogen-bond acceptors (Lipinski definition) is 8. The monoisotopic (exact) mass is 426 g/mol. The molecule has 1 aliphatic carbocycles. The van der Waals surface area contributed by atoms with Gasteiger partial charge in [0.15, 0.2) is 5.82 Å². The lowest BCUT2D eigenvalue weighted by molar-refractivity contribution is 0.177. The normalized spacial score (nSPS) is 18.9. The van der Waals surface area contributed by atoms with Crippen LogP contribution in [0.4, 0.5) is 4.79 Å². The lowest BCUT2D eigenvalue weighted by Crippen LogP contribution is -2.48. The molecule has 0 aliphatic heterocycles. The number of carbonyl (C=O) groups excluding carboxylic acids is 1. The third-order valence-corrected chi connectivity index (χ3v) is 4.59. The Hall–Kier alpha value is -3.70. The van der Waals surface area contributed by atoms with Crippen LogP contribution in [0.5, 0.6) is 11.8 Å². The topological polar surface area (TPSA) is 138 Å². The van der Waals surface area contributed by atoms with Crippen LogP contribution in [0.15, 0.2) is 59.5 Å². The van der Waals surface area contributed by atoms with E-state index in [2.05, 4.69) is 21.4 Å². The van der Waals surface area contributed by atoms with E-state index in [4.69, 9.17) is 21.2 Å². The van der Waals surface area contributed by atoms with Crippen LogP contribution in [0.3, 0.4) is 0 Å². The quantitative estimate of drug-likeness (QED) is 0.404. The van der Waals surface area contributed by atoms with Crippen LogP contribution in [0.2, 0.25) is 0 Å². The number of allylic oxidation sites excluding steroid dienone is 4. The smallest absolute Gasteiger partial charge is 0.352 e. The average molecular weight is 426 g/mol. The molecule has 2 aromatic heterocycles. The fourth-order valence-corrected chi connectivity index (χ4v) is 2.91. The van der Waals surface area contributed by atoms with E-state index in [0.717, 1.165) is 34.0 Å². The zero-order chi connectivity index (χ0) is 22.4. The number of methoxy groups -OCH3 is 1. The maximum Gasteiger partial charge on any atom is 0.352 e. The summed E-state index contributed by atoms with van der Waals surface area (Å²) in [5, 5.41) is 14.3. The molecule has 0 bridgehead atoms. The predicted molar refractivity (Wildman–Crippen MR) is 114 cm³/mol. The maximum atomic E-state index is 12.3. The highest BCUT2D eigenvalue weighted by Gasteiger charge is 2.22. The number of hydrogen-bond donors (Lipinski definition) is 2. The van der Waals surface area contributed by atoms with Gasteiger partial charge in [-0.1, -0.05) is 18.2 Å². The summed E-state index contributed by atoms with van der Waals surface area (Å²) in [5.74, 6) is 13.0.